The molecule has 0 bridgehead atoms. The van der Waals surface area contributed by atoms with Crippen molar-refractivity contribution in [3.63, 3.8) is 0 Å². The predicted molar refractivity (Wildman–Crippen MR) is 106 cm³/mol. The third-order valence-corrected chi connectivity index (χ3v) is 3.92. The van der Waals surface area contributed by atoms with Gasteiger partial charge in [0.2, 0.25) is 5.89 Å². The summed E-state index contributed by atoms with van der Waals surface area (Å²) in [6, 6.07) is 14.3. The van der Waals surface area contributed by atoms with Crippen LogP contribution < -0.4 is 4.74 Å². The molecule has 1 atom stereocenters. The Morgan fingerprint density at radius 3 is 2.64 bits per heavy atom. The molecular formula is C21H22ClNO5. The SMILES string of the molecule is CCOCc1coc(-c2cc(Cl)ccc2OC(C=O)c2ccccc2)n1.CO. The van der Waals surface area contributed by atoms with E-state index in [9.17, 15) is 4.79 Å². The zero-order valence-electron chi connectivity index (χ0n) is 15.7. The first kappa shape index (κ1) is 21.6. The smallest absolute Gasteiger partial charge is 0.230 e. The van der Waals surface area contributed by atoms with Crippen LogP contribution in [-0.2, 0) is 16.1 Å². The molecule has 0 radical (unpaired) electrons. The molecule has 0 aliphatic heterocycles. The lowest BCUT2D eigenvalue weighted by molar-refractivity contribution is -0.113. The van der Waals surface area contributed by atoms with Crippen molar-refractivity contribution in [3.8, 4) is 17.2 Å². The topological polar surface area (TPSA) is 81.8 Å². The number of halogens is 1. The van der Waals surface area contributed by atoms with Gasteiger partial charge in [-0.25, -0.2) is 4.98 Å². The molecule has 2 aromatic carbocycles. The lowest BCUT2D eigenvalue weighted by atomic mass is 10.1. The minimum atomic E-state index is -0.742. The largest absolute Gasteiger partial charge is 0.477 e. The number of nitrogens with zero attached hydrogens (tertiary/aromatic N) is 1. The molecule has 0 amide bonds. The van der Waals surface area contributed by atoms with Crippen LogP contribution in [0.3, 0.4) is 0 Å². The highest BCUT2D eigenvalue weighted by Crippen LogP contribution is 2.34. The number of benzene rings is 2. The maximum atomic E-state index is 11.5. The van der Waals surface area contributed by atoms with E-state index in [0.29, 0.717) is 41.1 Å². The number of ether oxygens (including phenoxy) is 2. The summed E-state index contributed by atoms with van der Waals surface area (Å²) in [5.74, 6) is 0.815. The summed E-state index contributed by atoms with van der Waals surface area (Å²) in [6.07, 6.45) is 1.54. The lowest BCUT2D eigenvalue weighted by Gasteiger charge is -2.16. The van der Waals surface area contributed by atoms with Gasteiger partial charge in [-0.3, -0.25) is 4.79 Å². The quantitative estimate of drug-likeness (QED) is 0.559. The average molecular weight is 404 g/mol. The van der Waals surface area contributed by atoms with Crippen LogP contribution in [-0.4, -0.2) is 30.1 Å². The Labute approximate surface area is 168 Å². The molecule has 1 unspecified atom stereocenters. The molecule has 1 aromatic heterocycles. The van der Waals surface area contributed by atoms with Gasteiger partial charge in [-0.1, -0.05) is 41.9 Å². The average Bonchev–Trinajstić information content (AvgIpc) is 3.22. The first-order chi connectivity index (χ1) is 13.7. The summed E-state index contributed by atoms with van der Waals surface area (Å²) in [7, 11) is 1.00. The molecule has 0 saturated carbocycles. The molecule has 3 aromatic rings. The highest BCUT2D eigenvalue weighted by atomic mass is 35.5. The third kappa shape index (κ3) is 5.66. The van der Waals surface area contributed by atoms with Gasteiger partial charge < -0.3 is 19.0 Å². The van der Waals surface area contributed by atoms with Crippen LogP contribution in [0.4, 0.5) is 0 Å². The van der Waals surface area contributed by atoms with Crippen molar-refractivity contribution in [2.24, 2.45) is 0 Å². The van der Waals surface area contributed by atoms with Crippen LogP contribution in [0.1, 0.15) is 24.3 Å². The Morgan fingerprint density at radius 2 is 1.96 bits per heavy atom. The number of oxazole rings is 1. The fourth-order valence-corrected chi connectivity index (χ4v) is 2.60. The second-order valence-electron chi connectivity index (χ2n) is 5.51. The Bertz CT molecular complexity index is 866. The van der Waals surface area contributed by atoms with Crippen molar-refractivity contribution in [2.75, 3.05) is 13.7 Å². The Hall–Kier alpha value is -2.67. The number of carbonyl (C=O) groups excluding carboxylic acids is 1. The fraction of sp³-hybridized carbons (Fsp3) is 0.238. The molecule has 28 heavy (non-hydrogen) atoms. The summed E-state index contributed by atoms with van der Waals surface area (Å²) in [5.41, 5.74) is 2.00. The molecule has 0 aliphatic carbocycles. The summed E-state index contributed by atoms with van der Waals surface area (Å²) in [6.45, 7) is 2.86. The number of hydrogen-bond donors (Lipinski definition) is 1. The van der Waals surface area contributed by atoms with E-state index >= 15 is 0 Å². The normalized spacial score (nSPS) is 11.3. The van der Waals surface area contributed by atoms with Crippen LogP contribution in [0, 0.1) is 0 Å². The van der Waals surface area contributed by atoms with Crippen molar-refractivity contribution in [1.82, 2.24) is 4.98 Å². The summed E-state index contributed by atoms with van der Waals surface area (Å²) < 4.78 is 16.8. The highest BCUT2D eigenvalue weighted by molar-refractivity contribution is 6.30. The minimum Gasteiger partial charge on any atom is -0.477 e. The van der Waals surface area contributed by atoms with E-state index in [0.717, 1.165) is 19.0 Å². The first-order valence-electron chi connectivity index (χ1n) is 8.65. The van der Waals surface area contributed by atoms with Gasteiger partial charge in [-0.15, -0.1) is 0 Å². The van der Waals surface area contributed by atoms with Crippen LogP contribution in [0.25, 0.3) is 11.5 Å². The fourth-order valence-electron chi connectivity index (χ4n) is 2.43. The van der Waals surface area contributed by atoms with E-state index in [-0.39, 0.29) is 0 Å². The van der Waals surface area contributed by atoms with Crippen molar-refractivity contribution in [3.05, 3.63) is 71.1 Å². The number of rotatable bonds is 8. The molecule has 0 spiro atoms. The number of aldehydes is 1. The van der Waals surface area contributed by atoms with Gasteiger partial charge in [0.1, 0.15) is 17.7 Å². The second-order valence-corrected chi connectivity index (χ2v) is 5.94. The van der Waals surface area contributed by atoms with Crippen LogP contribution >= 0.6 is 11.6 Å². The number of aliphatic hydroxyl groups excluding tert-OH is 1. The third-order valence-electron chi connectivity index (χ3n) is 3.68. The van der Waals surface area contributed by atoms with E-state index in [2.05, 4.69) is 4.98 Å². The van der Waals surface area contributed by atoms with Gasteiger partial charge in [0.25, 0.3) is 0 Å². The molecule has 0 saturated heterocycles. The Balaban J connectivity index is 0.00000136. The van der Waals surface area contributed by atoms with Gasteiger partial charge in [0.15, 0.2) is 12.4 Å². The van der Waals surface area contributed by atoms with E-state index in [1.165, 1.54) is 6.26 Å². The molecule has 7 heteroatoms. The molecule has 0 fully saturated rings. The summed E-state index contributed by atoms with van der Waals surface area (Å²) in [4.78, 5) is 15.9. The van der Waals surface area contributed by atoms with Crippen LogP contribution in [0.5, 0.6) is 5.75 Å². The molecular weight excluding hydrogens is 382 g/mol. The summed E-state index contributed by atoms with van der Waals surface area (Å²) >= 11 is 6.13. The predicted octanol–water partition coefficient (Wildman–Crippen LogP) is 4.46. The highest BCUT2D eigenvalue weighted by Gasteiger charge is 2.18. The van der Waals surface area contributed by atoms with Crippen molar-refractivity contribution >= 4 is 17.9 Å². The molecule has 6 nitrogen and oxygen atoms in total. The zero-order valence-corrected chi connectivity index (χ0v) is 16.4. The Kier molecular flexibility index (Phi) is 8.68. The number of aromatic nitrogens is 1. The van der Waals surface area contributed by atoms with E-state index < -0.39 is 6.10 Å². The maximum Gasteiger partial charge on any atom is 0.230 e. The zero-order chi connectivity index (χ0) is 20.4. The second kappa shape index (κ2) is 11.2. The molecule has 148 valence electrons. The van der Waals surface area contributed by atoms with Crippen molar-refractivity contribution < 1.29 is 23.8 Å². The van der Waals surface area contributed by atoms with Gasteiger partial charge in [0, 0.05) is 18.7 Å². The number of hydrogen-bond acceptors (Lipinski definition) is 6. The number of aliphatic hydroxyl groups is 1. The van der Waals surface area contributed by atoms with Gasteiger partial charge >= 0.3 is 0 Å². The monoisotopic (exact) mass is 403 g/mol. The molecule has 3 rings (SSSR count). The van der Waals surface area contributed by atoms with E-state index in [1.54, 1.807) is 18.2 Å². The lowest BCUT2D eigenvalue weighted by Crippen LogP contribution is -2.09. The van der Waals surface area contributed by atoms with Gasteiger partial charge in [0.05, 0.1) is 12.2 Å². The number of carbonyl (C=O) groups is 1. The minimum absolute atomic E-state index is 0.356. The van der Waals surface area contributed by atoms with Crippen molar-refractivity contribution in [2.45, 2.75) is 19.6 Å². The standard InChI is InChI=1S/C20H18ClNO4.CH4O/c1-2-24-12-16-13-25-20(22-16)17-10-15(21)8-9-18(17)26-19(11-23)14-6-4-3-5-7-14;1-2/h3-11,13,19H,2,12H2,1H3;2H,1H3. The van der Waals surface area contributed by atoms with Crippen molar-refractivity contribution in [1.29, 1.82) is 0 Å². The van der Waals surface area contributed by atoms with Gasteiger partial charge in [-0.05, 0) is 30.7 Å². The van der Waals surface area contributed by atoms with Crippen LogP contribution in [0.2, 0.25) is 5.02 Å². The first-order valence-corrected chi connectivity index (χ1v) is 9.02. The van der Waals surface area contributed by atoms with Crippen LogP contribution in [0.15, 0.2) is 59.2 Å². The maximum absolute atomic E-state index is 11.5. The molecule has 1 N–H and O–H groups in total. The summed E-state index contributed by atoms with van der Waals surface area (Å²) in [5, 5.41) is 7.51. The molecule has 1 heterocycles. The molecule has 0 aliphatic rings. The van der Waals surface area contributed by atoms with Gasteiger partial charge in [-0.2, -0.15) is 0 Å². The van der Waals surface area contributed by atoms with E-state index in [1.807, 2.05) is 37.3 Å². The Morgan fingerprint density at radius 1 is 1.21 bits per heavy atom. The van der Waals surface area contributed by atoms with E-state index in [4.69, 9.17) is 30.6 Å².